The van der Waals surface area contributed by atoms with Gasteiger partial charge in [-0.15, -0.1) is 34.0 Å². The van der Waals surface area contributed by atoms with Gasteiger partial charge in [-0.05, 0) is 172 Å². The van der Waals surface area contributed by atoms with E-state index in [9.17, 15) is 0 Å². The highest BCUT2D eigenvalue weighted by Gasteiger charge is 2.16. The van der Waals surface area contributed by atoms with E-state index in [1.165, 1.54) is 46.6 Å². The number of anilines is 1. The van der Waals surface area contributed by atoms with Crippen molar-refractivity contribution in [3.8, 4) is 55.6 Å². The van der Waals surface area contributed by atoms with Gasteiger partial charge in [0.15, 0.2) is 0 Å². The largest absolute Gasteiger partial charge is 0.456 e. The van der Waals surface area contributed by atoms with Crippen molar-refractivity contribution in [1.29, 1.82) is 0 Å². The molecule has 0 aliphatic carbocycles. The second kappa shape index (κ2) is 14.6. The Morgan fingerprint density at radius 1 is 0.406 bits per heavy atom. The van der Waals surface area contributed by atoms with Gasteiger partial charge in [0.1, 0.15) is 20.8 Å². The molecule has 6 aromatic heterocycles. The van der Waals surface area contributed by atoms with Gasteiger partial charge in [0.25, 0.3) is 0 Å². The minimum atomic E-state index is 0.845. The van der Waals surface area contributed by atoms with Crippen LogP contribution in [0.3, 0.4) is 0 Å². The van der Waals surface area contributed by atoms with Gasteiger partial charge in [-0.3, -0.25) is 0 Å². The summed E-state index contributed by atoms with van der Waals surface area (Å²) in [5.41, 5.74) is 20.8. The Balaban J connectivity index is 0.959. The molecule has 0 atom stereocenters. The maximum Gasteiger partial charge on any atom is 0.135 e. The van der Waals surface area contributed by atoms with Gasteiger partial charge < -0.3 is 10.2 Å². The lowest BCUT2D eigenvalue weighted by molar-refractivity contribution is 0.669. The fraction of sp³-hybridized carbons (Fsp3) is 0.0175. The lowest BCUT2D eigenvalue weighted by Gasteiger charge is -2.13. The first kappa shape index (κ1) is 37.2. The number of nitrogen functional groups attached to an aromatic ring is 1. The van der Waals surface area contributed by atoms with Crippen LogP contribution in [0, 0.1) is 0 Å². The molecule has 0 aliphatic heterocycles. The average Bonchev–Trinajstić information content (AvgIpc) is 4.10. The van der Waals surface area contributed by atoms with E-state index >= 15 is 0 Å². The Hall–Kier alpha value is -7.42. The number of benzene rings is 7. The number of allylic oxidation sites excluding steroid dienone is 1. The lowest BCUT2D eigenvalue weighted by atomic mass is 9.91. The molecule has 0 saturated carbocycles. The molecule has 6 heterocycles. The van der Waals surface area contributed by atoms with Crippen molar-refractivity contribution in [3.63, 3.8) is 0 Å². The smallest absolute Gasteiger partial charge is 0.135 e. The number of furan rings is 1. The molecule has 0 radical (unpaired) electrons. The maximum atomic E-state index is 6.49. The average molecular weight is 874 g/mol. The Bertz CT molecular complexity index is 4070. The van der Waals surface area contributed by atoms with Crippen LogP contribution in [0.1, 0.15) is 12.5 Å². The summed E-state index contributed by atoms with van der Waals surface area (Å²) in [7, 11) is 0. The van der Waals surface area contributed by atoms with Gasteiger partial charge in [0.2, 0.25) is 0 Å². The summed E-state index contributed by atoms with van der Waals surface area (Å²) < 4.78 is 10.2. The van der Waals surface area contributed by atoms with Crippen LogP contribution in [0.5, 0.6) is 0 Å². The van der Waals surface area contributed by atoms with Crippen LogP contribution in [0.4, 0.5) is 5.00 Å². The van der Waals surface area contributed by atoms with E-state index in [0.29, 0.717) is 0 Å². The molecule has 0 saturated heterocycles. The van der Waals surface area contributed by atoms with E-state index in [4.69, 9.17) is 10.2 Å². The van der Waals surface area contributed by atoms with Gasteiger partial charge in [-0.2, -0.15) is 0 Å². The SMILES string of the molecule is C/C=C\c1c(N)sc2ccc(-c3cccc(-c4cc(-c5ccc6oc7ccc(-c8ccc9sc%10ncccc%10c9c8)cc7c6c5)cc(-c5ccc6sc7ncccc7c6c5)c4)c3)cc12. The number of nitrogens with two attached hydrogens (primary N) is 1. The highest BCUT2D eigenvalue weighted by molar-refractivity contribution is 7.26. The predicted octanol–water partition coefficient (Wildman–Crippen LogP) is 17.3. The number of fused-ring (bicyclic) bond motifs is 10. The van der Waals surface area contributed by atoms with Crippen molar-refractivity contribution in [3.05, 3.63) is 182 Å². The number of pyridine rings is 2. The lowest BCUT2D eigenvalue weighted by Crippen LogP contribution is -1.87. The molecular weight excluding hydrogens is 839 g/mol. The molecule has 0 amide bonds. The van der Waals surface area contributed by atoms with Crippen LogP contribution >= 0.6 is 34.0 Å². The first-order valence-electron chi connectivity index (χ1n) is 21.2. The number of aromatic nitrogens is 2. The molecule has 0 spiro atoms. The van der Waals surface area contributed by atoms with Crippen molar-refractivity contribution in [2.45, 2.75) is 6.92 Å². The molecule has 64 heavy (non-hydrogen) atoms. The molecule has 13 rings (SSSR count). The summed E-state index contributed by atoms with van der Waals surface area (Å²) in [4.78, 5) is 11.4. The van der Waals surface area contributed by atoms with Crippen molar-refractivity contribution < 1.29 is 4.42 Å². The van der Waals surface area contributed by atoms with E-state index < -0.39 is 0 Å². The van der Waals surface area contributed by atoms with Gasteiger partial charge in [-0.25, -0.2) is 9.97 Å². The Kier molecular flexibility index (Phi) is 8.46. The number of hydrogen-bond donors (Lipinski definition) is 1. The third kappa shape index (κ3) is 6.08. The summed E-state index contributed by atoms with van der Waals surface area (Å²) >= 11 is 5.12. The fourth-order valence-corrected chi connectivity index (χ4v) is 12.4. The normalized spacial score (nSPS) is 12.1. The zero-order chi connectivity index (χ0) is 42.5. The fourth-order valence-electron chi connectivity index (χ4n) is 9.38. The van der Waals surface area contributed by atoms with Crippen LogP contribution in [-0.2, 0) is 0 Å². The number of rotatable bonds is 6. The van der Waals surface area contributed by atoms with Gasteiger partial charge in [0.05, 0.1) is 5.00 Å². The molecule has 0 unspecified atom stereocenters. The number of thiophene rings is 3. The van der Waals surface area contributed by atoms with Crippen molar-refractivity contribution in [2.75, 3.05) is 5.73 Å². The standard InChI is InChI=1S/C57H35N3OS3/c1-2-6-42-47-29-35(13-18-52(47)62-55(42)58)32-7-3-8-33(23-32)39-24-40(26-41(25-39)38-15-20-54-49(31-38)44-10-5-22-60-57(44)64-54)37-12-17-51-46(28-37)45-27-34(11-16-50(45)61-51)36-14-19-53-48(30-36)43-9-4-21-59-56(43)63-53/h2-31H,58H2,1H3/b6-2-. The van der Waals surface area contributed by atoms with Crippen LogP contribution < -0.4 is 5.73 Å². The highest BCUT2D eigenvalue weighted by atomic mass is 32.1. The monoisotopic (exact) mass is 873 g/mol. The highest BCUT2D eigenvalue weighted by Crippen LogP contribution is 2.43. The second-order valence-corrected chi connectivity index (χ2v) is 19.5. The van der Waals surface area contributed by atoms with Gasteiger partial charge in [-0.1, -0.05) is 60.7 Å². The Morgan fingerprint density at radius 3 is 1.36 bits per heavy atom. The summed E-state index contributed by atoms with van der Waals surface area (Å²) in [5.74, 6) is 0. The Labute approximate surface area is 379 Å². The zero-order valence-electron chi connectivity index (χ0n) is 34.4. The summed E-state index contributed by atoms with van der Waals surface area (Å²) in [5, 5.41) is 9.07. The predicted molar refractivity (Wildman–Crippen MR) is 277 cm³/mol. The van der Waals surface area contributed by atoms with Crippen LogP contribution in [-0.4, -0.2) is 9.97 Å². The molecule has 302 valence electrons. The van der Waals surface area contributed by atoms with Gasteiger partial charge >= 0.3 is 0 Å². The second-order valence-electron chi connectivity index (χ2n) is 16.3. The van der Waals surface area contributed by atoms with Crippen molar-refractivity contribution in [1.82, 2.24) is 9.97 Å². The Morgan fingerprint density at radius 2 is 0.828 bits per heavy atom. The van der Waals surface area contributed by atoms with Crippen molar-refractivity contribution in [2.24, 2.45) is 0 Å². The molecule has 2 N–H and O–H groups in total. The number of nitrogens with zero attached hydrogens (tertiary/aromatic N) is 2. The van der Waals surface area contributed by atoms with Crippen LogP contribution in [0.2, 0.25) is 0 Å². The van der Waals surface area contributed by atoms with E-state index in [0.717, 1.165) is 92.2 Å². The molecule has 0 fully saturated rings. The van der Waals surface area contributed by atoms with E-state index in [1.807, 2.05) is 31.5 Å². The summed E-state index contributed by atoms with van der Waals surface area (Å²) in [6.45, 7) is 2.04. The van der Waals surface area contributed by atoms with E-state index in [2.05, 4.69) is 168 Å². The molecule has 13 aromatic rings. The summed E-state index contributed by atoms with van der Waals surface area (Å²) in [6.07, 6.45) is 7.92. The zero-order valence-corrected chi connectivity index (χ0v) is 36.9. The number of hydrogen-bond acceptors (Lipinski definition) is 7. The van der Waals surface area contributed by atoms with Crippen LogP contribution in [0.25, 0.3) is 134 Å². The van der Waals surface area contributed by atoms with Crippen LogP contribution in [0.15, 0.2) is 181 Å². The molecule has 0 aliphatic rings. The molecule has 0 bridgehead atoms. The molecule has 4 nitrogen and oxygen atoms in total. The van der Waals surface area contributed by atoms with Gasteiger partial charge in [0, 0.05) is 69.8 Å². The minimum absolute atomic E-state index is 0.845. The maximum absolute atomic E-state index is 6.49. The molecule has 7 heteroatoms. The molecular formula is C57H35N3OS3. The topological polar surface area (TPSA) is 64.9 Å². The minimum Gasteiger partial charge on any atom is -0.456 e. The summed E-state index contributed by atoms with van der Waals surface area (Å²) in [6, 6.07) is 57.8. The van der Waals surface area contributed by atoms with Crippen molar-refractivity contribution >= 4 is 118 Å². The third-order valence-corrected chi connectivity index (χ3v) is 15.7. The molecule has 7 aromatic carbocycles. The van der Waals surface area contributed by atoms with E-state index in [1.54, 1.807) is 34.0 Å². The first-order valence-corrected chi connectivity index (χ1v) is 23.7. The first-order chi connectivity index (χ1) is 31.5. The van der Waals surface area contributed by atoms with E-state index in [-0.39, 0.29) is 0 Å². The third-order valence-electron chi connectivity index (χ3n) is 12.5. The quantitative estimate of drug-likeness (QED) is 0.181.